The average molecular weight is 370 g/mol. The molecule has 5 aromatic rings. The van der Waals surface area contributed by atoms with E-state index in [4.69, 9.17) is 8.83 Å². The van der Waals surface area contributed by atoms with Crippen molar-refractivity contribution in [2.75, 3.05) is 0 Å². The van der Waals surface area contributed by atoms with Crippen LogP contribution < -0.4 is 0 Å². The van der Waals surface area contributed by atoms with Crippen molar-refractivity contribution in [1.82, 2.24) is 9.78 Å². The first kappa shape index (κ1) is 16.9. The van der Waals surface area contributed by atoms with Crippen molar-refractivity contribution in [2.45, 2.75) is 33.7 Å². The number of fused-ring (bicyclic) bond motifs is 2. The Morgan fingerprint density at radius 2 is 1.68 bits per heavy atom. The van der Waals surface area contributed by atoms with Crippen LogP contribution in [0.3, 0.4) is 0 Å². The van der Waals surface area contributed by atoms with E-state index in [2.05, 4.69) is 67.6 Å². The molecule has 28 heavy (non-hydrogen) atoms. The number of benzene rings is 2. The van der Waals surface area contributed by atoms with Crippen LogP contribution in [0.2, 0.25) is 0 Å². The van der Waals surface area contributed by atoms with Gasteiger partial charge in [0.1, 0.15) is 22.7 Å². The van der Waals surface area contributed by atoms with Crippen molar-refractivity contribution in [3.8, 4) is 11.1 Å². The molecule has 0 fully saturated rings. The topological polar surface area (TPSA) is 44.1 Å². The fourth-order valence-corrected chi connectivity index (χ4v) is 4.02. The molecular weight excluding hydrogens is 348 g/mol. The largest absolute Gasteiger partial charge is 0.461 e. The van der Waals surface area contributed by atoms with Gasteiger partial charge in [-0.3, -0.25) is 4.68 Å². The Morgan fingerprint density at radius 3 is 2.46 bits per heavy atom. The number of aromatic nitrogens is 2. The van der Waals surface area contributed by atoms with Gasteiger partial charge >= 0.3 is 0 Å². The summed E-state index contributed by atoms with van der Waals surface area (Å²) in [5.41, 5.74) is 6.32. The lowest BCUT2D eigenvalue weighted by atomic mass is 9.96. The zero-order valence-electron chi connectivity index (χ0n) is 16.5. The van der Waals surface area contributed by atoms with E-state index >= 15 is 0 Å². The standard InChI is InChI=1S/C24H22N2O2/c1-14-12-25-26(13-14)17(4)19-8-9-20(22-11-16(3)28-24(19)22)21-7-5-6-18-10-15(2)27-23(18)21/h5-13,17H,1-4H3. The van der Waals surface area contributed by atoms with E-state index < -0.39 is 0 Å². The van der Waals surface area contributed by atoms with E-state index in [1.54, 1.807) is 0 Å². The highest BCUT2D eigenvalue weighted by atomic mass is 16.3. The van der Waals surface area contributed by atoms with E-state index in [1.807, 2.05) is 24.7 Å². The molecule has 0 N–H and O–H groups in total. The molecule has 0 aliphatic carbocycles. The maximum absolute atomic E-state index is 6.16. The number of hydrogen-bond acceptors (Lipinski definition) is 3. The molecule has 4 heteroatoms. The predicted molar refractivity (Wildman–Crippen MR) is 112 cm³/mol. The molecule has 1 atom stereocenters. The highest BCUT2D eigenvalue weighted by molar-refractivity contribution is 6.03. The second kappa shape index (κ2) is 6.13. The van der Waals surface area contributed by atoms with Gasteiger partial charge in [0.15, 0.2) is 0 Å². The van der Waals surface area contributed by atoms with Crippen LogP contribution in [0.25, 0.3) is 33.1 Å². The lowest BCUT2D eigenvalue weighted by molar-refractivity contribution is 0.537. The first-order chi connectivity index (χ1) is 13.5. The SMILES string of the molecule is Cc1cnn(C(C)c2ccc(-c3cccc4cc(C)oc34)c3cc(C)oc23)c1. The van der Waals surface area contributed by atoms with Gasteiger partial charge in [0.2, 0.25) is 0 Å². The fraction of sp³-hybridized carbons (Fsp3) is 0.208. The summed E-state index contributed by atoms with van der Waals surface area (Å²) < 4.78 is 14.2. The molecule has 0 amide bonds. The Labute approximate surface area is 163 Å². The first-order valence-corrected chi connectivity index (χ1v) is 9.54. The summed E-state index contributed by atoms with van der Waals surface area (Å²) in [4.78, 5) is 0. The molecule has 0 saturated carbocycles. The van der Waals surface area contributed by atoms with Crippen LogP contribution in [0, 0.1) is 20.8 Å². The lowest BCUT2D eigenvalue weighted by Gasteiger charge is -2.15. The minimum atomic E-state index is 0.0810. The molecule has 2 aromatic carbocycles. The van der Waals surface area contributed by atoms with Crippen LogP contribution in [-0.2, 0) is 0 Å². The third-order valence-electron chi connectivity index (χ3n) is 5.37. The molecule has 1 unspecified atom stereocenters. The Kier molecular flexibility index (Phi) is 3.69. The number of rotatable bonds is 3. The molecule has 0 spiro atoms. The second-order valence-corrected chi connectivity index (χ2v) is 7.56. The van der Waals surface area contributed by atoms with Crippen molar-refractivity contribution in [3.63, 3.8) is 0 Å². The Bertz CT molecular complexity index is 1320. The number of aryl methyl sites for hydroxylation is 3. The van der Waals surface area contributed by atoms with E-state index in [-0.39, 0.29) is 6.04 Å². The van der Waals surface area contributed by atoms with Crippen LogP contribution in [0.5, 0.6) is 0 Å². The van der Waals surface area contributed by atoms with E-state index in [0.717, 1.165) is 55.7 Å². The Morgan fingerprint density at radius 1 is 0.893 bits per heavy atom. The van der Waals surface area contributed by atoms with Gasteiger partial charge in [-0.25, -0.2) is 0 Å². The van der Waals surface area contributed by atoms with Gasteiger partial charge in [-0.2, -0.15) is 5.10 Å². The van der Waals surface area contributed by atoms with Crippen molar-refractivity contribution in [3.05, 3.63) is 77.5 Å². The summed E-state index contributed by atoms with van der Waals surface area (Å²) in [5, 5.41) is 6.71. The van der Waals surface area contributed by atoms with Gasteiger partial charge in [0, 0.05) is 28.1 Å². The molecule has 3 aromatic heterocycles. The summed E-state index contributed by atoms with van der Waals surface area (Å²) in [6.45, 7) is 8.18. The first-order valence-electron chi connectivity index (χ1n) is 9.54. The smallest absolute Gasteiger partial charge is 0.142 e. The van der Waals surface area contributed by atoms with Crippen molar-refractivity contribution >= 4 is 21.9 Å². The van der Waals surface area contributed by atoms with E-state index in [0.29, 0.717) is 0 Å². The molecule has 0 bridgehead atoms. The highest BCUT2D eigenvalue weighted by Gasteiger charge is 2.20. The van der Waals surface area contributed by atoms with Crippen LogP contribution in [-0.4, -0.2) is 9.78 Å². The number of furan rings is 2. The normalized spacial score (nSPS) is 12.9. The third kappa shape index (κ3) is 2.56. The van der Waals surface area contributed by atoms with Crippen LogP contribution in [0.15, 0.2) is 63.7 Å². The van der Waals surface area contributed by atoms with Gasteiger partial charge in [0.25, 0.3) is 0 Å². The Hall–Kier alpha value is -3.27. The minimum absolute atomic E-state index is 0.0810. The number of para-hydroxylation sites is 1. The van der Waals surface area contributed by atoms with Gasteiger partial charge < -0.3 is 8.83 Å². The molecule has 0 saturated heterocycles. The summed E-state index contributed by atoms with van der Waals surface area (Å²) in [5.74, 6) is 1.82. The molecule has 4 nitrogen and oxygen atoms in total. The quantitative estimate of drug-likeness (QED) is 0.360. The molecule has 0 aliphatic rings. The molecule has 5 rings (SSSR count). The zero-order chi connectivity index (χ0) is 19.4. The lowest BCUT2D eigenvalue weighted by Crippen LogP contribution is -2.07. The summed E-state index contributed by atoms with van der Waals surface area (Å²) >= 11 is 0. The van der Waals surface area contributed by atoms with Gasteiger partial charge in [0.05, 0.1) is 12.2 Å². The Balaban J connectivity index is 1.74. The van der Waals surface area contributed by atoms with Crippen LogP contribution in [0.1, 0.15) is 35.6 Å². The third-order valence-corrected chi connectivity index (χ3v) is 5.37. The molecule has 0 radical (unpaired) electrons. The monoisotopic (exact) mass is 370 g/mol. The summed E-state index contributed by atoms with van der Waals surface area (Å²) in [6.07, 6.45) is 3.95. The molecular formula is C24H22N2O2. The minimum Gasteiger partial charge on any atom is -0.461 e. The summed E-state index contributed by atoms with van der Waals surface area (Å²) in [7, 11) is 0. The van der Waals surface area contributed by atoms with Crippen molar-refractivity contribution < 1.29 is 8.83 Å². The maximum atomic E-state index is 6.16. The van der Waals surface area contributed by atoms with Gasteiger partial charge in [-0.05, 0) is 51.0 Å². The molecule has 140 valence electrons. The second-order valence-electron chi connectivity index (χ2n) is 7.56. The van der Waals surface area contributed by atoms with Crippen molar-refractivity contribution in [2.24, 2.45) is 0 Å². The van der Waals surface area contributed by atoms with E-state index in [1.165, 1.54) is 0 Å². The van der Waals surface area contributed by atoms with Crippen LogP contribution in [0.4, 0.5) is 0 Å². The highest BCUT2D eigenvalue weighted by Crippen LogP contribution is 2.39. The van der Waals surface area contributed by atoms with Crippen molar-refractivity contribution in [1.29, 1.82) is 0 Å². The van der Waals surface area contributed by atoms with Crippen LogP contribution >= 0.6 is 0 Å². The fourth-order valence-electron chi connectivity index (χ4n) is 4.02. The average Bonchev–Trinajstić information content (AvgIpc) is 3.36. The van der Waals surface area contributed by atoms with E-state index in [9.17, 15) is 0 Å². The maximum Gasteiger partial charge on any atom is 0.142 e. The summed E-state index contributed by atoms with van der Waals surface area (Å²) in [6, 6.07) is 14.9. The number of hydrogen-bond donors (Lipinski definition) is 0. The molecule has 3 heterocycles. The molecule has 0 aliphatic heterocycles. The zero-order valence-corrected chi connectivity index (χ0v) is 16.5. The van der Waals surface area contributed by atoms with Gasteiger partial charge in [-0.1, -0.05) is 30.3 Å². The number of nitrogens with zero attached hydrogens (tertiary/aromatic N) is 2. The predicted octanol–water partition coefficient (Wildman–Crippen LogP) is 6.58. The van der Waals surface area contributed by atoms with Gasteiger partial charge in [-0.15, -0.1) is 0 Å².